The number of aliphatic hydroxyl groups excluding tert-OH is 1. The minimum Gasteiger partial charge on any atom is -0.497 e. The summed E-state index contributed by atoms with van der Waals surface area (Å²) in [6.45, 7) is 0. The average Bonchev–Trinajstić information content (AvgIpc) is 2.35. The Balaban J connectivity index is 2.52. The van der Waals surface area contributed by atoms with Gasteiger partial charge in [0.2, 0.25) is 0 Å². The molecule has 1 N–H and O–H groups in total. The molecule has 0 aromatic heterocycles. The van der Waals surface area contributed by atoms with Crippen LogP contribution in [0.4, 0.5) is 0 Å². The molecule has 0 saturated carbocycles. The predicted octanol–water partition coefficient (Wildman–Crippen LogP) is 1.68. The van der Waals surface area contributed by atoms with Crippen molar-refractivity contribution in [2.24, 2.45) is 0 Å². The topological polar surface area (TPSA) is 55.8 Å². The van der Waals surface area contributed by atoms with E-state index in [-0.39, 0.29) is 12.4 Å². The number of methoxy groups -OCH3 is 2. The van der Waals surface area contributed by atoms with Crippen LogP contribution in [0.5, 0.6) is 5.75 Å². The Hall–Kier alpha value is -1.55. The van der Waals surface area contributed by atoms with Gasteiger partial charge in [0.25, 0.3) is 0 Å². The van der Waals surface area contributed by atoms with E-state index in [0.29, 0.717) is 6.42 Å². The van der Waals surface area contributed by atoms with Crippen molar-refractivity contribution in [2.75, 3.05) is 14.2 Å². The minimum absolute atomic E-state index is 0.212. The van der Waals surface area contributed by atoms with Gasteiger partial charge in [0.05, 0.1) is 20.3 Å². The van der Waals surface area contributed by atoms with E-state index in [2.05, 4.69) is 4.74 Å². The number of esters is 1. The summed E-state index contributed by atoms with van der Waals surface area (Å²) in [7, 11) is 2.92. The van der Waals surface area contributed by atoms with Gasteiger partial charge >= 0.3 is 5.97 Å². The Labute approximate surface area is 94.8 Å². The standard InChI is InChI=1S/C12H16O4/c1-15-10-5-3-9(4-6-10)11(13)7-8-12(14)16-2/h3-6,11,13H,7-8H2,1-2H3/t11-/m1/s1. The molecule has 88 valence electrons. The van der Waals surface area contributed by atoms with E-state index >= 15 is 0 Å². The van der Waals surface area contributed by atoms with E-state index in [1.54, 1.807) is 31.4 Å². The van der Waals surface area contributed by atoms with Crippen molar-refractivity contribution in [1.29, 1.82) is 0 Å². The van der Waals surface area contributed by atoms with Crippen molar-refractivity contribution in [3.05, 3.63) is 29.8 Å². The Bertz CT molecular complexity index is 331. The molecule has 16 heavy (non-hydrogen) atoms. The van der Waals surface area contributed by atoms with Gasteiger partial charge < -0.3 is 14.6 Å². The monoisotopic (exact) mass is 224 g/mol. The van der Waals surface area contributed by atoms with Crippen LogP contribution in [-0.2, 0) is 9.53 Å². The van der Waals surface area contributed by atoms with Crippen LogP contribution in [0.25, 0.3) is 0 Å². The molecular formula is C12H16O4. The summed E-state index contributed by atoms with van der Waals surface area (Å²) in [5, 5.41) is 9.78. The van der Waals surface area contributed by atoms with Gasteiger partial charge in [0.1, 0.15) is 5.75 Å². The number of ether oxygens (including phenoxy) is 2. The van der Waals surface area contributed by atoms with Crippen LogP contribution < -0.4 is 4.74 Å². The van der Waals surface area contributed by atoms with Crippen molar-refractivity contribution in [3.8, 4) is 5.75 Å². The lowest BCUT2D eigenvalue weighted by atomic mass is 10.1. The molecule has 1 aromatic carbocycles. The van der Waals surface area contributed by atoms with E-state index in [1.807, 2.05) is 0 Å². The number of rotatable bonds is 5. The lowest BCUT2D eigenvalue weighted by molar-refractivity contribution is -0.141. The number of aliphatic hydroxyl groups is 1. The fourth-order valence-electron chi connectivity index (χ4n) is 1.35. The average molecular weight is 224 g/mol. The molecule has 1 aromatic rings. The van der Waals surface area contributed by atoms with Gasteiger partial charge in [-0.25, -0.2) is 0 Å². The highest BCUT2D eigenvalue weighted by atomic mass is 16.5. The highest BCUT2D eigenvalue weighted by Gasteiger charge is 2.10. The molecule has 0 aliphatic carbocycles. The molecule has 0 aliphatic heterocycles. The molecule has 4 heteroatoms. The normalized spacial score (nSPS) is 11.9. The predicted molar refractivity (Wildman–Crippen MR) is 59.2 cm³/mol. The molecule has 1 atom stereocenters. The summed E-state index contributed by atoms with van der Waals surface area (Å²) in [5.74, 6) is 0.427. The third kappa shape index (κ3) is 3.55. The van der Waals surface area contributed by atoms with Gasteiger partial charge in [0, 0.05) is 6.42 Å². The first kappa shape index (κ1) is 12.5. The van der Waals surface area contributed by atoms with E-state index < -0.39 is 6.10 Å². The quantitative estimate of drug-likeness (QED) is 0.773. The van der Waals surface area contributed by atoms with Crippen molar-refractivity contribution >= 4 is 5.97 Å². The van der Waals surface area contributed by atoms with E-state index in [1.165, 1.54) is 7.11 Å². The Kier molecular flexibility index (Phi) is 4.79. The molecule has 0 bridgehead atoms. The van der Waals surface area contributed by atoms with Crippen molar-refractivity contribution in [1.82, 2.24) is 0 Å². The Morgan fingerprint density at radius 1 is 1.31 bits per heavy atom. The van der Waals surface area contributed by atoms with E-state index in [9.17, 15) is 9.90 Å². The number of hydrogen-bond donors (Lipinski definition) is 1. The Morgan fingerprint density at radius 3 is 2.44 bits per heavy atom. The molecule has 0 saturated heterocycles. The summed E-state index contributed by atoms with van der Waals surface area (Å²) in [6.07, 6.45) is -0.0760. The van der Waals surface area contributed by atoms with Crippen molar-refractivity contribution in [3.63, 3.8) is 0 Å². The van der Waals surface area contributed by atoms with Crippen molar-refractivity contribution in [2.45, 2.75) is 18.9 Å². The fraction of sp³-hybridized carbons (Fsp3) is 0.417. The van der Waals surface area contributed by atoms with Crippen molar-refractivity contribution < 1.29 is 19.4 Å². The summed E-state index contributed by atoms with van der Waals surface area (Å²) >= 11 is 0. The van der Waals surface area contributed by atoms with Crippen LogP contribution in [0.15, 0.2) is 24.3 Å². The number of carbonyl (C=O) groups is 1. The maximum atomic E-state index is 10.9. The zero-order valence-electron chi connectivity index (χ0n) is 9.47. The molecule has 0 fully saturated rings. The van der Waals surface area contributed by atoms with Crippen LogP contribution in [0, 0.1) is 0 Å². The van der Waals surface area contributed by atoms with Gasteiger partial charge in [-0.2, -0.15) is 0 Å². The summed E-state index contributed by atoms with van der Waals surface area (Å²) in [6, 6.07) is 7.11. The number of carbonyl (C=O) groups excluding carboxylic acids is 1. The first-order valence-electron chi connectivity index (χ1n) is 5.06. The molecule has 0 heterocycles. The van der Waals surface area contributed by atoms with Gasteiger partial charge in [-0.05, 0) is 24.1 Å². The molecule has 0 spiro atoms. The molecular weight excluding hydrogens is 208 g/mol. The maximum absolute atomic E-state index is 10.9. The van der Waals surface area contributed by atoms with Gasteiger partial charge in [0.15, 0.2) is 0 Å². The SMILES string of the molecule is COC(=O)CC[C@@H](O)c1ccc(OC)cc1. The number of hydrogen-bond acceptors (Lipinski definition) is 4. The van der Waals surface area contributed by atoms with Crippen LogP contribution in [0.2, 0.25) is 0 Å². The lowest BCUT2D eigenvalue weighted by Crippen LogP contribution is -2.04. The minimum atomic E-state index is -0.648. The van der Waals surface area contributed by atoms with Gasteiger partial charge in [-0.1, -0.05) is 12.1 Å². The smallest absolute Gasteiger partial charge is 0.305 e. The molecule has 0 radical (unpaired) electrons. The third-order valence-corrected chi connectivity index (χ3v) is 2.35. The van der Waals surface area contributed by atoms with E-state index in [4.69, 9.17) is 4.74 Å². The van der Waals surface area contributed by atoms with Crippen LogP contribution in [0.3, 0.4) is 0 Å². The molecule has 0 unspecified atom stereocenters. The van der Waals surface area contributed by atoms with Gasteiger partial charge in [-0.15, -0.1) is 0 Å². The zero-order chi connectivity index (χ0) is 12.0. The molecule has 1 rings (SSSR count). The lowest BCUT2D eigenvalue weighted by Gasteiger charge is -2.10. The maximum Gasteiger partial charge on any atom is 0.305 e. The first-order valence-corrected chi connectivity index (χ1v) is 5.06. The highest BCUT2D eigenvalue weighted by molar-refractivity contribution is 5.69. The summed E-state index contributed by atoms with van der Waals surface area (Å²) in [5.41, 5.74) is 0.768. The molecule has 0 amide bonds. The first-order chi connectivity index (χ1) is 7.67. The largest absolute Gasteiger partial charge is 0.497 e. The zero-order valence-corrected chi connectivity index (χ0v) is 9.47. The molecule has 4 nitrogen and oxygen atoms in total. The number of benzene rings is 1. The second-order valence-electron chi connectivity index (χ2n) is 3.40. The van der Waals surface area contributed by atoms with Gasteiger partial charge in [-0.3, -0.25) is 4.79 Å². The van der Waals surface area contributed by atoms with Crippen LogP contribution >= 0.6 is 0 Å². The van der Waals surface area contributed by atoms with E-state index in [0.717, 1.165) is 11.3 Å². The summed E-state index contributed by atoms with van der Waals surface area (Å²) in [4.78, 5) is 10.9. The third-order valence-electron chi connectivity index (χ3n) is 2.35. The fourth-order valence-corrected chi connectivity index (χ4v) is 1.35. The van der Waals surface area contributed by atoms with Crippen LogP contribution in [-0.4, -0.2) is 25.3 Å². The highest BCUT2D eigenvalue weighted by Crippen LogP contribution is 2.21. The summed E-state index contributed by atoms with van der Waals surface area (Å²) < 4.78 is 9.51. The second-order valence-corrected chi connectivity index (χ2v) is 3.40. The molecule has 0 aliphatic rings. The van der Waals surface area contributed by atoms with Crippen LogP contribution in [0.1, 0.15) is 24.5 Å². The second kappa shape index (κ2) is 6.12. The Morgan fingerprint density at radius 2 is 1.94 bits per heavy atom.